The molecule has 0 bridgehead atoms. The number of aryl methyl sites for hydroxylation is 2. The van der Waals surface area contributed by atoms with Crippen LogP contribution in [-0.4, -0.2) is 30.4 Å². The van der Waals surface area contributed by atoms with Crippen LogP contribution in [0.4, 0.5) is 11.5 Å². The van der Waals surface area contributed by atoms with Crippen molar-refractivity contribution in [3.05, 3.63) is 53.1 Å². The minimum atomic E-state index is 0.373. The smallest absolute Gasteiger partial charge is 0.189 e. The fraction of sp³-hybridized carbons (Fsp3) is 0.227. The molecule has 1 heterocycles. The molecular formula is C22H22N4O2S. The molecule has 1 aromatic heterocycles. The number of nitriles is 1. The summed E-state index contributed by atoms with van der Waals surface area (Å²) in [6.45, 7) is 4.04. The molecule has 29 heavy (non-hydrogen) atoms. The maximum absolute atomic E-state index is 9.94. The Kier molecular flexibility index (Phi) is 6.25. The van der Waals surface area contributed by atoms with E-state index in [4.69, 9.17) is 9.47 Å². The van der Waals surface area contributed by atoms with Gasteiger partial charge in [0.15, 0.2) is 22.5 Å². The van der Waals surface area contributed by atoms with Crippen LogP contribution >= 0.6 is 11.8 Å². The topological polar surface area (TPSA) is 80.1 Å². The number of anilines is 2. The van der Waals surface area contributed by atoms with Gasteiger partial charge in [-0.15, -0.1) is 0 Å². The lowest BCUT2D eigenvalue weighted by atomic mass is 10.1. The Labute approximate surface area is 174 Å². The molecule has 6 nitrogen and oxygen atoms in total. The van der Waals surface area contributed by atoms with Crippen molar-refractivity contribution in [1.29, 1.82) is 5.26 Å². The summed E-state index contributed by atoms with van der Waals surface area (Å²) in [7, 11) is 3.16. The second kappa shape index (κ2) is 8.84. The Balaban J connectivity index is 2.19. The zero-order valence-corrected chi connectivity index (χ0v) is 17.8. The third-order valence-electron chi connectivity index (χ3n) is 4.56. The Morgan fingerprint density at radius 1 is 1.00 bits per heavy atom. The van der Waals surface area contributed by atoms with Gasteiger partial charge in [0.05, 0.1) is 19.9 Å². The predicted molar refractivity (Wildman–Crippen MR) is 116 cm³/mol. The molecule has 0 fully saturated rings. The summed E-state index contributed by atoms with van der Waals surface area (Å²) in [4.78, 5) is 9.17. The van der Waals surface area contributed by atoms with E-state index in [1.54, 1.807) is 20.3 Å². The molecule has 148 valence electrons. The summed E-state index contributed by atoms with van der Waals surface area (Å²) in [5.41, 5.74) is 4.76. The van der Waals surface area contributed by atoms with Gasteiger partial charge in [0, 0.05) is 11.3 Å². The highest BCUT2D eigenvalue weighted by molar-refractivity contribution is 7.98. The number of hydrogen-bond acceptors (Lipinski definition) is 7. The average Bonchev–Trinajstić information content (AvgIpc) is 2.75. The van der Waals surface area contributed by atoms with E-state index in [1.807, 2.05) is 50.4 Å². The van der Waals surface area contributed by atoms with Gasteiger partial charge in [-0.25, -0.2) is 9.97 Å². The Morgan fingerprint density at radius 2 is 1.69 bits per heavy atom. The number of methoxy groups -OCH3 is 2. The van der Waals surface area contributed by atoms with Gasteiger partial charge in [0.25, 0.3) is 0 Å². The molecule has 0 amide bonds. The number of nitrogens with one attached hydrogen (secondary N) is 1. The summed E-state index contributed by atoms with van der Waals surface area (Å²) < 4.78 is 10.7. The third-order valence-corrected chi connectivity index (χ3v) is 5.11. The van der Waals surface area contributed by atoms with Gasteiger partial charge in [0.1, 0.15) is 11.6 Å². The fourth-order valence-electron chi connectivity index (χ4n) is 3.05. The molecule has 0 aliphatic rings. The quantitative estimate of drug-likeness (QED) is 0.450. The van der Waals surface area contributed by atoms with Crippen molar-refractivity contribution in [2.24, 2.45) is 0 Å². The van der Waals surface area contributed by atoms with E-state index in [-0.39, 0.29) is 0 Å². The fourth-order valence-corrected chi connectivity index (χ4v) is 3.42. The molecule has 0 saturated carbocycles. The van der Waals surface area contributed by atoms with E-state index in [1.165, 1.54) is 11.8 Å². The van der Waals surface area contributed by atoms with Crippen LogP contribution in [0.25, 0.3) is 11.3 Å². The first-order valence-electron chi connectivity index (χ1n) is 8.94. The van der Waals surface area contributed by atoms with Crippen LogP contribution in [0.2, 0.25) is 0 Å². The number of rotatable bonds is 6. The van der Waals surface area contributed by atoms with Crippen LogP contribution in [-0.2, 0) is 0 Å². The van der Waals surface area contributed by atoms with E-state index < -0.39 is 0 Å². The van der Waals surface area contributed by atoms with Gasteiger partial charge in [0.2, 0.25) is 0 Å². The molecule has 0 aliphatic carbocycles. The van der Waals surface area contributed by atoms with E-state index in [0.717, 1.165) is 22.4 Å². The van der Waals surface area contributed by atoms with Crippen molar-refractivity contribution in [3.8, 4) is 28.8 Å². The van der Waals surface area contributed by atoms with Crippen molar-refractivity contribution >= 4 is 23.3 Å². The standard InChI is InChI=1S/C22H22N4O2S/c1-13-7-6-8-14(2)19(13)24-21-16(12-23)20(25-22(26-21)29-5)15-9-10-17(27-3)18(11-15)28-4/h6-11H,1-5H3,(H,24,25,26). The van der Waals surface area contributed by atoms with Crippen molar-refractivity contribution in [2.75, 3.05) is 25.8 Å². The number of nitrogens with zero attached hydrogens (tertiary/aromatic N) is 3. The first kappa shape index (κ1) is 20.5. The van der Waals surface area contributed by atoms with E-state index in [9.17, 15) is 5.26 Å². The van der Waals surface area contributed by atoms with Gasteiger partial charge < -0.3 is 14.8 Å². The minimum absolute atomic E-state index is 0.373. The van der Waals surface area contributed by atoms with Crippen LogP contribution in [0, 0.1) is 25.2 Å². The van der Waals surface area contributed by atoms with E-state index in [0.29, 0.717) is 33.7 Å². The number of hydrogen-bond donors (Lipinski definition) is 1. The third kappa shape index (κ3) is 4.13. The highest BCUT2D eigenvalue weighted by Crippen LogP contribution is 2.36. The van der Waals surface area contributed by atoms with Crippen LogP contribution in [0.15, 0.2) is 41.6 Å². The van der Waals surface area contributed by atoms with Gasteiger partial charge in [-0.2, -0.15) is 5.26 Å². The highest BCUT2D eigenvalue weighted by atomic mass is 32.2. The molecule has 0 spiro atoms. The zero-order valence-electron chi connectivity index (χ0n) is 17.0. The van der Waals surface area contributed by atoms with Gasteiger partial charge >= 0.3 is 0 Å². The Bertz CT molecular complexity index is 1070. The maximum atomic E-state index is 9.94. The van der Waals surface area contributed by atoms with Crippen molar-refractivity contribution in [2.45, 2.75) is 19.0 Å². The number of thioether (sulfide) groups is 1. The van der Waals surface area contributed by atoms with Crippen LogP contribution in [0.5, 0.6) is 11.5 Å². The molecule has 2 aromatic carbocycles. The predicted octanol–water partition coefficient (Wildman–Crippen LogP) is 5.11. The van der Waals surface area contributed by atoms with Crippen LogP contribution in [0.3, 0.4) is 0 Å². The highest BCUT2D eigenvalue weighted by Gasteiger charge is 2.18. The summed E-state index contributed by atoms with van der Waals surface area (Å²) >= 11 is 1.42. The van der Waals surface area contributed by atoms with Crippen molar-refractivity contribution < 1.29 is 9.47 Å². The molecule has 0 aliphatic heterocycles. The summed E-state index contributed by atoms with van der Waals surface area (Å²) in [5.74, 6) is 1.67. The number of aromatic nitrogens is 2. The van der Waals surface area contributed by atoms with Crippen molar-refractivity contribution in [1.82, 2.24) is 9.97 Å². The molecule has 3 rings (SSSR count). The van der Waals surface area contributed by atoms with Crippen LogP contribution in [0.1, 0.15) is 16.7 Å². The Morgan fingerprint density at radius 3 is 2.28 bits per heavy atom. The second-order valence-electron chi connectivity index (χ2n) is 6.36. The zero-order chi connectivity index (χ0) is 21.0. The van der Waals surface area contributed by atoms with Gasteiger partial charge in [-0.1, -0.05) is 30.0 Å². The lowest BCUT2D eigenvalue weighted by Crippen LogP contribution is -2.05. The summed E-state index contributed by atoms with van der Waals surface area (Å²) in [5, 5.41) is 13.9. The molecule has 0 atom stereocenters. The number of benzene rings is 2. The van der Waals surface area contributed by atoms with Crippen LogP contribution < -0.4 is 14.8 Å². The summed E-state index contributed by atoms with van der Waals surface area (Å²) in [6, 6.07) is 13.8. The molecule has 0 unspecified atom stereocenters. The molecule has 1 N–H and O–H groups in total. The van der Waals surface area contributed by atoms with Crippen molar-refractivity contribution in [3.63, 3.8) is 0 Å². The SMILES string of the molecule is COc1ccc(-c2nc(SC)nc(Nc3c(C)cccc3C)c2C#N)cc1OC. The second-order valence-corrected chi connectivity index (χ2v) is 7.13. The monoisotopic (exact) mass is 406 g/mol. The number of ether oxygens (including phenoxy) is 2. The maximum Gasteiger partial charge on any atom is 0.189 e. The van der Waals surface area contributed by atoms with E-state index >= 15 is 0 Å². The lowest BCUT2D eigenvalue weighted by molar-refractivity contribution is 0.355. The molecular weight excluding hydrogens is 384 g/mol. The normalized spacial score (nSPS) is 10.3. The minimum Gasteiger partial charge on any atom is -0.493 e. The largest absolute Gasteiger partial charge is 0.493 e. The molecule has 0 saturated heterocycles. The summed E-state index contributed by atoms with van der Waals surface area (Å²) in [6.07, 6.45) is 1.91. The van der Waals surface area contributed by atoms with Gasteiger partial charge in [-0.05, 0) is 49.4 Å². The Hall–Kier alpha value is -3.24. The lowest BCUT2D eigenvalue weighted by Gasteiger charge is -2.16. The average molecular weight is 407 g/mol. The number of para-hydroxylation sites is 1. The first-order valence-corrected chi connectivity index (χ1v) is 10.2. The van der Waals surface area contributed by atoms with Gasteiger partial charge in [-0.3, -0.25) is 0 Å². The molecule has 0 radical (unpaired) electrons. The molecule has 3 aromatic rings. The molecule has 7 heteroatoms. The van der Waals surface area contributed by atoms with E-state index in [2.05, 4.69) is 21.4 Å². The first-order chi connectivity index (χ1) is 14.0.